The first-order valence-electron chi connectivity index (χ1n) is 9.59. The number of methoxy groups -OCH3 is 1. The number of benzene rings is 1. The lowest BCUT2D eigenvalue weighted by Crippen LogP contribution is -2.49. The highest BCUT2D eigenvalue weighted by Crippen LogP contribution is 2.30. The number of piperidine rings is 1. The number of carbonyl (C=O) groups is 1. The predicted octanol–water partition coefficient (Wildman–Crippen LogP) is 3.33. The number of urea groups is 1. The summed E-state index contributed by atoms with van der Waals surface area (Å²) in [5.41, 5.74) is 0.987. The van der Waals surface area contributed by atoms with Crippen molar-refractivity contribution in [3.8, 4) is 11.5 Å². The first-order chi connectivity index (χ1) is 12.5. The van der Waals surface area contributed by atoms with Crippen molar-refractivity contribution >= 4 is 6.03 Å². The van der Waals surface area contributed by atoms with Crippen molar-refractivity contribution in [3.63, 3.8) is 0 Å². The zero-order valence-corrected chi connectivity index (χ0v) is 16.5. The van der Waals surface area contributed by atoms with E-state index in [4.69, 9.17) is 9.47 Å². The van der Waals surface area contributed by atoms with Crippen LogP contribution in [-0.4, -0.2) is 50.8 Å². The fraction of sp³-hybridized carbons (Fsp3) is 0.650. The lowest BCUT2D eigenvalue weighted by Gasteiger charge is -2.30. The van der Waals surface area contributed by atoms with Gasteiger partial charge < -0.3 is 25.0 Å². The molecule has 2 atom stereocenters. The van der Waals surface area contributed by atoms with E-state index in [9.17, 15) is 4.79 Å². The second kappa shape index (κ2) is 10.3. The standard InChI is InChI=1S/C20H33N3O3/c1-5-6-12-26-18-10-9-16(13-19(18)25-4)15(2)21-20(24)22-17-8-7-11-23(3)14-17/h9-10,13,15,17H,5-8,11-12,14H2,1-4H3,(H2,21,22,24)/t15-,17+/m0/s1. The number of nitrogens with zero attached hydrogens (tertiary/aromatic N) is 1. The summed E-state index contributed by atoms with van der Waals surface area (Å²) in [6.07, 6.45) is 4.25. The van der Waals surface area contributed by atoms with Crippen molar-refractivity contribution in [2.45, 2.75) is 51.6 Å². The molecule has 6 nitrogen and oxygen atoms in total. The molecule has 6 heteroatoms. The number of nitrogens with one attached hydrogen (secondary N) is 2. The Balaban J connectivity index is 1.91. The molecular formula is C20H33N3O3. The highest BCUT2D eigenvalue weighted by atomic mass is 16.5. The molecule has 1 fully saturated rings. The Hall–Kier alpha value is -1.95. The van der Waals surface area contributed by atoms with Gasteiger partial charge in [-0.2, -0.15) is 0 Å². The molecular weight excluding hydrogens is 330 g/mol. The predicted molar refractivity (Wildman–Crippen MR) is 104 cm³/mol. The zero-order valence-electron chi connectivity index (χ0n) is 16.5. The van der Waals surface area contributed by atoms with E-state index in [0.29, 0.717) is 12.4 Å². The second-order valence-electron chi connectivity index (χ2n) is 7.05. The lowest BCUT2D eigenvalue weighted by molar-refractivity contribution is 0.207. The maximum Gasteiger partial charge on any atom is 0.315 e. The van der Waals surface area contributed by atoms with E-state index in [0.717, 1.165) is 50.1 Å². The molecule has 1 aromatic rings. The third kappa shape index (κ3) is 6.09. The molecule has 1 aliphatic rings. The molecule has 1 aliphatic heterocycles. The van der Waals surface area contributed by atoms with Crippen molar-refractivity contribution in [1.29, 1.82) is 0 Å². The third-order valence-electron chi connectivity index (χ3n) is 4.75. The SMILES string of the molecule is CCCCOc1ccc([C@H](C)NC(=O)N[C@@H]2CCCN(C)C2)cc1OC. The van der Waals surface area contributed by atoms with Gasteiger partial charge in [-0.25, -0.2) is 4.79 Å². The van der Waals surface area contributed by atoms with Crippen LogP contribution in [0.1, 0.15) is 51.1 Å². The van der Waals surface area contributed by atoms with E-state index in [2.05, 4.69) is 29.5 Å². The Kier molecular flexibility index (Phi) is 8.04. The van der Waals surface area contributed by atoms with Crippen LogP contribution in [0.25, 0.3) is 0 Å². The number of carbonyl (C=O) groups excluding carboxylic acids is 1. The second-order valence-corrected chi connectivity index (χ2v) is 7.05. The molecule has 0 aliphatic carbocycles. The van der Waals surface area contributed by atoms with Gasteiger partial charge in [0.1, 0.15) is 0 Å². The fourth-order valence-electron chi connectivity index (χ4n) is 3.19. The minimum absolute atomic E-state index is 0.116. The van der Waals surface area contributed by atoms with Crippen molar-refractivity contribution in [2.75, 3.05) is 33.9 Å². The molecule has 1 heterocycles. The average Bonchev–Trinajstić information content (AvgIpc) is 2.62. The summed E-state index contributed by atoms with van der Waals surface area (Å²) in [7, 11) is 3.72. The quantitative estimate of drug-likeness (QED) is 0.696. The molecule has 0 unspecified atom stereocenters. The number of ether oxygens (including phenoxy) is 2. The summed E-state index contributed by atoms with van der Waals surface area (Å²) in [5.74, 6) is 1.44. The first-order valence-corrected chi connectivity index (χ1v) is 9.59. The third-order valence-corrected chi connectivity index (χ3v) is 4.75. The lowest BCUT2D eigenvalue weighted by atomic mass is 10.1. The molecule has 0 saturated carbocycles. The molecule has 0 spiro atoms. The largest absolute Gasteiger partial charge is 0.493 e. The normalized spacial score (nSPS) is 18.8. The molecule has 0 radical (unpaired) electrons. The van der Waals surface area contributed by atoms with Gasteiger partial charge in [-0.3, -0.25) is 0 Å². The fourth-order valence-corrected chi connectivity index (χ4v) is 3.19. The van der Waals surface area contributed by atoms with E-state index < -0.39 is 0 Å². The Bertz CT molecular complexity index is 579. The molecule has 0 aromatic heterocycles. The van der Waals surface area contributed by atoms with Gasteiger partial charge in [0.15, 0.2) is 11.5 Å². The van der Waals surface area contributed by atoms with E-state index in [1.165, 1.54) is 0 Å². The Morgan fingerprint density at radius 3 is 2.88 bits per heavy atom. The summed E-state index contributed by atoms with van der Waals surface area (Å²) in [6.45, 7) is 6.78. The molecule has 146 valence electrons. The molecule has 2 rings (SSSR count). The van der Waals surface area contributed by atoms with Gasteiger partial charge >= 0.3 is 6.03 Å². The van der Waals surface area contributed by atoms with Gasteiger partial charge in [0.2, 0.25) is 0 Å². The number of amides is 2. The maximum absolute atomic E-state index is 12.3. The number of likely N-dealkylation sites (N-methyl/N-ethyl adjacent to an activating group) is 1. The topological polar surface area (TPSA) is 62.8 Å². The van der Waals surface area contributed by atoms with Gasteiger partial charge in [-0.15, -0.1) is 0 Å². The van der Waals surface area contributed by atoms with Gasteiger partial charge in [0.05, 0.1) is 19.8 Å². The minimum atomic E-state index is -0.125. The molecule has 1 saturated heterocycles. The van der Waals surface area contributed by atoms with Gasteiger partial charge in [-0.05, 0) is 57.5 Å². The number of rotatable bonds is 8. The number of hydrogen-bond donors (Lipinski definition) is 2. The number of hydrogen-bond acceptors (Lipinski definition) is 4. The van der Waals surface area contributed by atoms with Gasteiger partial charge in [0, 0.05) is 12.6 Å². The van der Waals surface area contributed by atoms with Crippen LogP contribution in [0.3, 0.4) is 0 Å². The van der Waals surface area contributed by atoms with Gasteiger partial charge in [-0.1, -0.05) is 19.4 Å². The molecule has 2 amide bonds. The van der Waals surface area contributed by atoms with E-state index in [1.54, 1.807) is 7.11 Å². The Labute approximate surface area is 157 Å². The molecule has 0 bridgehead atoms. The van der Waals surface area contributed by atoms with Crippen molar-refractivity contribution in [2.24, 2.45) is 0 Å². The van der Waals surface area contributed by atoms with Crippen LogP contribution >= 0.6 is 0 Å². The highest BCUT2D eigenvalue weighted by Gasteiger charge is 2.20. The molecule has 1 aromatic carbocycles. The van der Waals surface area contributed by atoms with Crippen LogP contribution in [0, 0.1) is 0 Å². The monoisotopic (exact) mass is 363 g/mol. The summed E-state index contributed by atoms with van der Waals surface area (Å²) < 4.78 is 11.2. The summed E-state index contributed by atoms with van der Waals surface area (Å²) in [4.78, 5) is 14.6. The van der Waals surface area contributed by atoms with E-state index in [1.807, 2.05) is 25.1 Å². The Morgan fingerprint density at radius 1 is 1.38 bits per heavy atom. The number of likely N-dealkylation sites (tertiary alicyclic amines) is 1. The van der Waals surface area contributed by atoms with E-state index >= 15 is 0 Å². The van der Waals surface area contributed by atoms with Crippen LogP contribution in [0.5, 0.6) is 11.5 Å². The maximum atomic E-state index is 12.3. The molecule has 2 N–H and O–H groups in total. The first kappa shape index (κ1) is 20.4. The van der Waals surface area contributed by atoms with E-state index in [-0.39, 0.29) is 18.1 Å². The minimum Gasteiger partial charge on any atom is -0.493 e. The van der Waals surface area contributed by atoms with Crippen LogP contribution in [-0.2, 0) is 0 Å². The molecule has 26 heavy (non-hydrogen) atoms. The van der Waals surface area contributed by atoms with Crippen molar-refractivity contribution < 1.29 is 14.3 Å². The van der Waals surface area contributed by atoms with Crippen molar-refractivity contribution in [1.82, 2.24) is 15.5 Å². The summed E-state index contributed by atoms with van der Waals surface area (Å²) >= 11 is 0. The van der Waals surface area contributed by atoms with Crippen LogP contribution < -0.4 is 20.1 Å². The highest BCUT2D eigenvalue weighted by molar-refractivity contribution is 5.74. The van der Waals surface area contributed by atoms with Crippen LogP contribution in [0.15, 0.2) is 18.2 Å². The zero-order chi connectivity index (χ0) is 18.9. The van der Waals surface area contributed by atoms with Crippen LogP contribution in [0.2, 0.25) is 0 Å². The average molecular weight is 364 g/mol. The van der Waals surface area contributed by atoms with Crippen molar-refractivity contribution in [3.05, 3.63) is 23.8 Å². The smallest absolute Gasteiger partial charge is 0.315 e. The Morgan fingerprint density at radius 2 is 2.19 bits per heavy atom. The summed E-state index contributed by atoms with van der Waals surface area (Å²) in [5, 5.41) is 6.09. The van der Waals surface area contributed by atoms with Gasteiger partial charge in [0.25, 0.3) is 0 Å². The number of unbranched alkanes of at least 4 members (excludes halogenated alkanes) is 1. The summed E-state index contributed by atoms with van der Waals surface area (Å²) in [6, 6.07) is 5.79. The van der Waals surface area contributed by atoms with Crippen LogP contribution in [0.4, 0.5) is 4.79 Å².